The lowest BCUT2D eigenvalue weighted by Gasteiger charge is -2.34. The highest BCUT2D eigenvalue weighted by Crippen LogP contribution is 2.26. The Balaban J connectivity index is 1.46. The number of benzene rings is 2. The summed E-state index contributed by atoms with van der Waals surface area (Å²) in [4.78, 5) is 19.5. The largest absolute Gasteiger partial charge is 0.354 e. The van der Waals surface area contributed by atoms with E-state index in [0.717, 1.165) is 34.5 Å². The third kappa shape index (κ3) is 4.77. The van der Waals surface area contributed by atoms with Crippen LogP contribution in [0.15, 0.2) is 60.7 Å². The molecule has 3 aromatic rings. The molecular formula is C24H24ClN3O. The van der Waals surface area contributed by atoms with Gasteiger partial charge in [0.2, 0.25) is 5.91 Å². The Hall–Kier alpha value is -2.85. The number of fused-ring (bicyclic) bond motifs is 1. The van der Waals surface area contributed by atoms with E-state index in [4.69, 9.17) is 16.6 Å². The van der Waals surface area contributed by atoms with Crippen LogP contribution in [0.4, 0.5) is 11.5 Å². The predicted molar refractivity (Wildman–Crippen MR) is 122 cm³/mol. The van der Waals surface area contributed by atoms with Crippen LogP contribution in [0.3, 0.4) is 0 Å². The molecule has 0 bridgehead atoms. The molecule has 0 radical (unpaired) electrons. The van der Waals surface area contributed by atoms with Crippen LogP contribution in [0.5, 0.6) is 0 Å². The van der Waals surface area contributed by atoms with Gasteiger partial charge >= 0.3 is 0 Å². The molecule has 4 rings (SSSR count). The quantitative estimate of drug-likeness (QED) is 0.548. The number of halogens is 1. The second kappa shape index (κ2) is 8.66. The van der Waals surface area contributed by atoms with Crippen molar-refractivity contribution in [1.29, 1.82) is 0 Å². The highest BCUT2D eigenvalue weighted by atomic mass is 35.5. The van der Waals surface area contributed by atoms with E-state index in [2.05, 4.69) is 29.3 Å². The third-order valence-corrected chi connectivity index (χ3v) is 5.59. The Morgan fingerprint density at radius 2 is 1.97 bits per heavy atom. The molecule has 1 N–H and O–H groups in total. The summed E-state index contributed by atoms with van der Waals surface area (Å²) in [6.07, 6.45) is 7.01. The molecule has 2 aromatic carbocycles. The zero-order valence-corrected chi connectivity index (χ0v) is 17.2. The average molecular weight is 406 g/mol. The first-order valence-corrected chi connectivity index (χ1v) is 10.4. The van der Waals surface area contributed by atoms with Crippen molar-refractivity contribution < 1.29 is 4.79 Å². The fraction of sp³-hybridized carbons (Fsp3) is 0.250. The van der Waals surface area contributed by atoms with Gasteiger partial charge in [-0.2, -0.15) is 0 Å². The number of hydrogen-bond acceptors (Lipinski definition) is 3. The zero-order valence-electron chi connectivity index (χ0n) is 16.4. The monoisotopic (exact) mass is 405 g/mol. The lowest BCUT2D eigenvalue weighted by atomic mass is 10.0. The Labute approximate surface area is 176 Å². The van der Waals surface area contributed by atoms with Crippen LogP contribution in [-0.2, 0) is 4.79 Å². The summed E-state index contributed by atoms with van der Waals surface area (Å²) >= 11 is 5.88. The van der Waals surface area contributed by atoms with E-state index in [-0.39, 0.29) is 5.91 Å². The Morgan fingerprint density at radius 3 is 2.76 bits per heavy atom. The molecule has 0 spiro atoms. The van der Waals surface area contributed by atoms with Gasteiger partial charge in [-0.05, 0) is 80.3 Å². The summed E-state index contributed by atoms with van der Waals surface area (Å²) in [6.45, 7) is 3.33. The van der Waals surface area contributed by atoms with Gasteiger partial charge in [-0.25, -0.2) is 4.98 Å². The van der Waals surface area contributed by atoms with E-state index in [1.807, 2.05) is 30.3 Å². The average Bonchev–Trinajstić information content (AvgIpc) is 2.73. The molecule has 1 amide bonds. The minimum atomic E-state index is -0.175. The SMILES string of the molecule is C[C@@H]1CCCCN1c1ccc2cc(NC(=O)/C=C/c3ccc(Cl)cc3)ccc2n1. The van der Waals surface area contributed by atoms with Crippen LogP contribution >= 0.6 is 11.6 Å². The number of aromatic nitrogens is 1. The van der Waals surface area contributed by atoms with Crippen molar-refractivity contribution >= 4 is 46.0 Å². The number of nitrogens with zero attached hydrogens (tertiary/aromatic N) is 2. The summed E-state index contributed by atoms with van der Waals surface area (Å²) in [5.41, 5.74) is 2.62. The highest BCUT2D eigenvalue weighted by Gasteiger charge is 2.19. The molecule has 0 aliphatic carbocycles. The number of nitrogens with one attached hydrogen (secondary N) is 1. The molecule has 5 heteroatoms. The third-order valence-electron chi connectivity index (χ3n) is 5.34. The van der Waals surface area contributed by atoms with Crippen molar-refractivity contribution in [2.75, 3.05) is 16.8 Å². The normalized spacial score (nSPS) is 17.0. The maximum absolute atomic E-state index is 12.2. The van der Waals surface area contributed by atoms with Crippen LogP contribution in [0, 0.1) is 0 Å². The molecule has 2 heterocycles. The van der Waals surface area contributed by atoms with Gasteiger partial charge in [0.25, 0.3) is 0 Å². The topological polar surface area (TPSA) is 45.2 Å². The highest BCUT2D eigenvalue weighted by molar-refractivity contribution is 6.30. The lowest BCUT2D eigenvalue weighted by Crippen LogP contribution is -2.37. The summed E-state index contributed by atoms with van der Waals surface area (Å²) in [5, 5.41) is 4.60. The second-order valence-corrected chi connectivity index (χ2v) is 7.93. The Bertz CT molecular complexity index is 1050. The first kappa shape index (κ1) is 19.5. The van der Waals surface area contributed by atoms with Crippen LogP contribution in [0.2, 0.25) is 5.02 Å². The van der Waals surface area contributed by atoms with Gasteiger partial charge in [0, 0.05) is 34.8 Å². The number of carbonyl (C=O) groups excluding carboxylic acids is 1. The van der Waals surface area contributed by atoms with Crippen molar-refractivity contribution in [1.82, 2.24) is 4.98 Å². The predicted octanol–water partition coefficient (Wildman–Crippen LogP) is 5.92. The standard InChI is InChI=1S/C24H24ClN3O/c1-17-4-2-3-15-28(17)23-13-8-19-16-21(11-12-22(19)27-23)26-24(29)14-7-18-5-9-20(25)10-6-18/h5-14,16-17H,2-4,15H2,1H3,(H,26,29)/b14-7+/t17-/m1/s1. The number of rotatable bonds is 4. The van der Waals surface area contributed by atoms with E-state index < -0.39 is 0 Å². The van der Waals surface area contributed by atoms with E-state index in [0.29, 0.717) is 11.1 Å². The molecule has 1 saturated heterocycles. The van der Waals surface area contributed by atoms with E-state index in [1.165, 1.54) is 25.3 Å². The van der Waals surface area contributed by atoms with Crippen LogP contribution < -0.4 is 10.2 Å². The van der Waals surface area contributed by atoms with Gasteiger partial charge in [0.1, 0.15) is 5.82 Å². The molecule has 148 valence electrons. The van der Waals surface area contributed by atoms with Crippen LogP contribution in [-0.4, -0.2) is 23.5 Å². The van der Waals surface area contributed by atoms with Gasteiger partial charge in [0.15, 0.2) is 0 Å². The Kier molecular flexibility index (Phi) is 5.81. The summed E-state index contributed by atoms with van der Waals surface area (Å²) < 4.78 is 0. The number of piperidine rings is 1. The molecule has 1 aliphatic rings. The van der Waals surface area contributed by atoms with Crippen molar-refractivity contribution in [3.05, 3.63) is 71.3 Å². The maximum Gasteiger partial charge on any atom is 0.248 e. The van der Waals surface area contributed by atoms with E-state index >= 15 is 0 Å². The second-order valence-electron chi connectivity index (χ2n) is 7.49. The van der Waals surface area contributed by atoms with E-state index in [1.54, 1.807) is 18.2 Å². The number of amides is 1. The molecule has 0 unspecified atom stereocenters. The molecule has 1 fully saturated rings. The zero-order chi connectivity index (χ0) is 20.2. The molecule has 4 nitrogen and oxygen atoms in total. The molecule has 29 heavy (non-hydrogen) atoms. The molecule has 1 aliphatic heterocycles. The number of anilines is 2. The summed E-state index contributed by atoms with van der Waals surface area (Å²) in [6, 6.07) is 17.8. The van der Waals surface area contributed by atoms with Gasteiger partial charge < -0.3 is 10.2 Å². The summed E-state index contributed by atoms with van der Waals surface area (Å²) in [7, 11) is 0. The minimum Gasteiger partial charge on any atom is -0.354 e. The van der Waals surface area contributed by atoms with Gasteiger partial charge in [-0.3, -0.25) is 4.79 Å². The summed E-state index contributed by atoms with van der Waals surface area (Å²) in [5.74, 6) is 0.860. The van der Waals surface area contributed by atoms with Crippen molar-refractivity contribution in [3.8, 4) is 0 Å². The molecule has 0 saturated carbocycles. The first-order valence-electron chi connectivity index (χ1n) is 10.0. The van der Waals surface area contributed by atoms with Crippen LogP contribution in [0.25, 0.3) is 17.0 Å². The number of pyridine rings is 1. The van der Waals surface area contributed by atoms with Gasteiger partial charge in [-0.1, -0.05) is 23.7 Å². The van der Waals surface area contributed by atoms with Gasteiger partial charge in [-0.15, -0.1) is 0 Å². The fourth-order valence-corrected chi connectivity index (χ4v) is 3.85. The molecule has 1 aromatic heterocycles. The smallest absolute Gasteiger partial charge is 0.248 e. The maximum atomic E-state index is 12.2. The lowest BCUT2D eigenvalue weighted by molar-refractivity contribution is -0.111. The van der Waals surface area contributed by atoms with Crippen molar-refractivity contribution in [2.24, 2.45) is 0 Å². The fourth-order valence-electron chi connectivity index (χ4n) is 3.72. The first-order chi connectivity index (χ1) is 14.1. The minimum absolute atomic E-state index is 0.175. The molecule has 1 atom stereocenters. The van der Waals surface area contributed by atoms with Crippen molar-refractivity contribution in [2.45, 2.75) is 32.2 Å². The molecular weight excluding hydrogens is 382 g/mol. The van der Waals surface area contributed by atoms with Crippen molar-refractivity contribution in [3.63, 3.8) is 0 Å². The van der Waals surface area contributed by atoms with Crippen LogP contribution in [0.1, 0.15) is 31.7 Å². The van der Waals surface area contributed by atoms with Gasteiger partial charge in [0.05, 0.1) is 5.52 Å². The van der Waals surface area contributed by atoms with E-state index in [9.17, 15) is 4.79 Å². The Morgan fingerprint density at radius 1 is 1.14 bits per heavy atom. The number of hydrogen-bond donors (Lipinski definition) is 1. The number of carbonyl (C=O) groups is 1.